The van der Waals surface area contributed by atoms with Gasteiger partial charge in [0.1, 0.15) is 6.54 Å². The highest BCUT2D eigenvalue weighted by molar-refractivity contribution is 6.05. The molecule has 1 aliphatic heterocycles. The van der Waals surface area contributed by atoms with Crippen molar-refractivity contribution in [1.82, 2.24) is 9.78 Å². The van der Waals surface area contributed by atoms with E-state index in [1.165, 1.54) is 10.9 Å². The molecule has 2 heterocycles. The van der Waals surface area contributed by atoms with Crippen molar-refractivity contribution in [3.05, 3.63) is 47.8 Å². The van der Waals surface area contributed by atoms with Crippen LogP contribution in [0.3, 0.4) is 0 Å². The number of hydrogen-bond donors (Lipinski definition) is 1. The molecule has 0 saturated carbocycles. The van der Waals surface area contributed by atoms with Gasteiger partial charge >= 0.3 is 5.97 Å². The first-order valence-electron chi connectivity index (χ1n) is 6.80. The number of carbonyl (C=O) groups excluding carboxylic acids is 1. The first-order valence-corrected chi connectivity index (χ1v) is 6.80. The van der Waals surface area contributed by atoms with Gasteiger partial charge in [-0.15, -0.1) is 0 Å². The van der Waals surface area contributed by atoms with Crippen LogP contribution in [0, 0.1) is 0 Å². The standard InChI is InChI=1S/C15H15N3O3/c19-14(20)10-17-9-7-12(16-17)15(21)18-8-3-5-11-4-1-2-6-13(11)18/h1-2,4,6-7,9H,3,5,8,10H2,(H,19,20). The van der Waals surface area contributed by atoms with Crippen molar-refractivity contribution in [1.29, 1.82) is 0 Å². The zero-order chi connectivity index (χ0) is 14.8. The Hall–Kier alpha value is -2.63. The molecule has 1 aliphatic rings. The Labute approximate surface area is 121 Å². The van der Waals surface area contributed by atoms with Crippen LogP contribution < -0.4 is 4.90 Å². The number of hydrogen-bond acceptors (Lipinski definition) is 3. The number of aliphatic carboxylic acids is 1. The molecule has 3 rings (SSSR count). The summed E-state index contributed by atoms with van der Waals surface area (Å²) in [6.07, 6.45) is 3.39. The highest BCUT2D eigenvalue weighted by atomic mass is 16.4. The number of benzene rings is 1. The normalized spacial score (nSPS) is 13.8. The predicted molar refractivity (Wildman–Crippen MR) is 76.3 cm³/mol. The third kappa shape index (κ3) is 2.65. The number of aryl methyl sites for hydroxylation is 1. The van der Waals surface area contributed by atoms with Crippen molar-refractivity contribution < 1.29 is 14.7 Å². The van der Waals surface area contributed by atoms with Gasteiger partial charge in [-0.25, -0.2) is 0 Å². The number of amides is 1. The van der Waals surface area contributed by atoms with E-state index >= 15 is 0 Å². The molecular formula is C15H15N3O3. The summed E-state index contributed by atoms with van der Waals surface area (Å²) in [5, 5.41) is 12.8. The van der Waals surface area contributed by atoms with Crippen LogP contribution in [0.25, 0.3) is 0 Å². The summed E-state index contributed by atoms with van der Waals surface area (Å²) < 4.78 is 1.26. The fraction of sp³-hybridized carbons (Fsp3) is 0.267. The summed E-state index contributed by atoms with van der Waals surface area (Å²) in [5.41, 5.74) is 2.34. The van der Waals surface area contributed by atoms with Crippen LogP contribution >= 0.6 is 0 Å². The van der Waals surface area contributed by atoms with E-state index in [0.717, 1.165) is 24.1 Å². The molecule has 0 atom stereocenters. The molecule has 0 unspecified atom stereocenters. The quantitative estimate of drug-likeness (QED) is 0.928. The van der Waals surface area contributed by atoms with Gasteiger partial charge in [-0.3, -0.25) is 14.3 Å². The second-order valence-corrected chi connectivity index (χ2v) is 4.98. The molecule has 0 radical (unpaired) electrons. The summed E-state index contributed by atoms with van der Waals surface area (Å²) in [6.45, 7) is 0.408. The fourth-order valence-electron chi connectivity index (χ4n) is 2.59. The van der Waals surface area contributed by atoms with E-state index in [0.29, 0.717) is 6.54 Å². The Bertz CT molecular complexity index is 693. The predicted octanol–water partition coefficient (Wildman–Crippen LogP) is 1.56. The Morgan fingerprint density at radius 1 is 1.24 bits per heavy atom. The van der Waals surface area contributed by atoms with E-state index in [9.17, 15) is 9.59 Å². The second kappa shape index (κ2) is 5.40. The van der Waals surface area contributed by atoms with E-state index in [4.69, 9.17) is 5.11 Å². The van der Waals surface area contributed by atoms with E-state index in [1.54, 1.807) is 11.0 Å². The molecule has 21 heavy (non-hydrogen) atoms. The largest absolute Gasteiger partial charge is 0.480 e. The minimum absolute atomic E-state index is 0.189. The smallest absolute Gasteiger partial charge is 0.325 e. The van der Waals surface area contributed by atoms with E-state index in [2.05, 4.69) is 5.10 Å². The van der Waals surface area contributed by atoms with Crippen LogP contribution in [0.2, 0.25) is 0 Å². The highest BCUT2D eigenvalue weighted by Crippen LogP contribution is 2.27. The molecule has 1 N–H and O–H groups in total. The van der Waals surface area contributed by atoms with Gasteiger partial charge in [-0.05, 0) is 30.5 Å². The molecule has 0 aliphatic carbocycles. The average molecular weight is 285 g/mol. The number of fused-ring (bicyclic) bond motifs is 1. The van der Waals surface area contributed by atoms with E-state index in [-0.39, 0.29) is 18.1 Å². The van der Waals surface area contributed by atoms with E-state index in [1.807, 2.05) is 24.3 Å². The van der Waals surface area contributed by atoms with Crippen molar-refractivity contribution in [2.24, 2.45) is 0 Å². The van der Waals surface area contributed by atoms with Gasteiger partial charge in [0.25, 0.3) is 5.91 Å². The topological polar surface area (TPSA) is 75.4 Å². The maximum atomic E-state index is 12.6. The number of carboxylic acids is 1. The first-order chi connectivity index (χ1) is 10.1. The average Bonchev–Trinajstić information content (AvgIpc) is 2.93. The molecule has 1 aromatic carbocycles. The second-order valence-electron chi connectivity index (χ2n) is 4.98. The molecule has 0 saturated heterocycles. The van der Waals surface area contributed by atoms with Gasteiger partial charge in [-0.1, -0.05) is 18.2 Å². The van der Waals surface area contributed by atoms with Crippen LogP contribution in [-0.4, -0.2) is 33.3 Å². The molecule has 2 aromatic rings. The Morgan fingerprint density at radius 3 is 2.86 bits per heavy atom. The van der Waals surface area contributed by atoms with Gasteiger partial charge < -0.3 is 10.0 Å². The summed E-state index contributed by atoms with van der Waals surface area (Å²) in [5.74, 6) is -1.17. The van der Waals surface area contributed by atoms with Gasteiger partial charge in [-0.2, -0.15) is 5.10 Å². The molecule has 6 heteroatoms. The van der Waals surface area contributed by atoms with Gasteiger partial charge in [0.2, 0.25) is 0 Å². The third-order valence-electron chi connectivity index (χ3n) is 3.51. The lowest BCUT2D eigenvalue weighted by Crippen LogP contribution is -2.35. The third-order valence-corrected chi connectivity index (χ3v) is 3.51. The molecule has 1 amide bonds. The number of anilines is 1. The lowest BCUT2D eigenvalue weighted by molar-refractivity contribution is -0.137. The van der Waals surface area contributed by atoms with E-state index < -0.39 is 5.97 Å². The lowest BCUT2D eigenvalue weighted by atomic mass is 10.0. The number of carboxylic acid groups (broad SMARTS) is 1. The minimum Gasteiger partial charge on any atom is -0.480 e. The van der Waals surface area contributed by atoms with Crippen LogP contribution in [0.4, 0.5) is 5.69 Å². The summed E-state index contributed by atoms with van der Waals surface area (Å²) in [4.78, 5) is 24.9. The van der Waals surface area contributed by atoms with Gasteiger partial charge in [0, 0.05) is 18.4 Å². The molecule has 0 fully saturated rings. The van der Waals surface area contributed by atoms with Crippen LogP contribution in [0.5, 0.6) is 0 Å². The van der Waals surface area contributed by atoms with Crippen LogP contribution in [0.15, 0.2) is 36.5 Å². The molecule has 0 bridgehead atoms. The van der Waals surface area contributed by atoms with Crippen molar-refractivity contribution >= 4 is 17.6 Å². The maximum Gasteiger partial charge on any atom is 0.325 e. The Morgan fingerprint density at radius 2 is 2.05 bits per heavy atom. The molecule has 1 aromatic heterocycles. The number of aromatic nitrogens is 2. The van der Waals surface area contributed by atoms with Crippen molar-refractivity contribution in [2.45, 2.75) is 19.4 Å². The van der Waals surface area contributed by atoms with Crippen LogP contribution in [-0.2, 0) is 17.8 Å². The fourth-order valence-corrected chi connectivity index (χ4v) is 2.59. The summed E-state index contributed by atoms with van der Waals surface area (Å²) in [7, 11) is 0. The van der Waals surface area contributed by atoms with Crippen LogP contribution in [0.1, 0.15) is 22.5 Å². The first kappa shape index (κ1) is 13.4. The summed E-state index contributed by atoms with van der Waals surface area (Å²) in [6, 6.07) is 9.39. The zero-order valence-corrected chi connectivity index (χ0v) is 11.4. The molecular weight excluding hydrogens is 270 g/mol. The Kier molecular flexibility index (Phi) is 3.43. The number of rotatable bonds is 3. The van der Waals surface area contributed by atoms with Crippen molar-refractivity contribution in [3.8, 4) is 0 Å². The number of para-hydroxylation sites is 1. The van der Waals surface area contributed by atoms with Gasteiger partial charge in [0.05, 0.1) is 0 Å². The number of nitrogens with zero attached hydrogens (tertiary/aromatic N) is 3. The Balaban J connectivity index is 1.86. The SMILES string of the molecule is O=C(O)Cn1ccc(C(=O)N2CCCc3ccccc32)n1. The molecule has 6 nitrogen and oxygen atoms in total. The van der Waals surface area contributed by atoms with Crippen molar-refractivity contribution in [2.75, 3.05) is 11.4 Å². The number of carbonyl (C=O) groups is 2. The monoisotopic (exact) mass is 285 g/mol. The molecule has 0 spiro atoms. The van der Waals surface area contributed by atoms with Crippen molar-refractivity contribution in [3.63, 3.8) is 0 Å². The lowest BCUT2D eigenvalue weighted by Gasteiger charge is -2.28. The maximum absolute atomic E-state index is 12.6. The zero-order valence-electron chi connectivity index (χ0n) is 11.4. The summed E-state index contributed by atoms with van der Waals surface area (Å²) >= 11 is 0. The molecule has 108 valence electrons. The van der Waals surface area contributed by atoms with Gasteiger partial charge in [0.15, 0.2) is 5.69 Å². The highest BCUT2D eigenvalue weighted by Gasteiger charge is 2.24. The minimum atomic E-state index is -0.986.